The number of hydrogen-bond acceptors (Lipinski definition) is 5. The summed E-state index contributed by atoms with van der Waals surface area (Å²) in [6.07, 6.45) is 0.516. The van der Waals surface area contributed by atoms with E-state index in [9.17, 15) is 9.59 Å². The lowest BCUT2D eigenvalue weighted by Gasteiger charge is -2.33. The first-order valence-electron chi connectivity index (χ1n) is 9.21. The molecule has 0 radical (unpaired) electrons. The Morgan fingerprint density at radius 2 is 1.85 bits per heavy atom. The molecule has 0 saturated carbocycles. The van der Waals surface area contributed by atoms with Crippen LogP contribution < -0.4 is 5.32 Å². The molecule has 0 spiro atoms. The van der Waals surface area contributed by atoms with E-state index in [1.54, 1.807) is 11.8 Å². The molecule has 1 aromatic carbocycles. The van der Waals surface area contributed by atoms with Crippen LogP contribution in [0.25, 0.3) is 0 Å². The van der Waals surface area contributed by atoms with Crippen molar-refractivity contribution in [3.05, 3.63) is 35.9 Å². The van der Waals surface area contributed by atoms with E-state index >= 15 is 0 Å². The summed E-state index contributed by atoms with van der Waals surface area (Å²) in [5, 5.41) is 2.92. The maximum Gasteiger partial charge on any atom is 0.409 e. The molecule has 0 bridgehead atoms. The highest BCUT2D eigenvalue weighted by atomic mass is 16.6. The Balaban J connectivity index is 1.49. The molecule has 0 aromatic heterocycles. The normalized spacial score (nSPS) is 14.9. The minimum absolute atomic E-state index is 0.0117. The maximum absolute atomic E-state index is 12.0. The predicted molar refractivity (Wildman–Crippen MR) is 98.8 cm³/mol. The Morgan fingerprint density at radius 3 is 2.54 bits per heavy atom. The van der Waals surface area contributed by atoms with Crippen molar-refractivity contribution in [2.75, 3.05) is 52.5 Å². The van der Waals surface area contributed by atoms with Gasteiger partial charge in [-0.2, -0.15) is 0 Å². The molecule has 1 aromatic rings. The summed E-state index contributed by atoms with van der Waals surface area (Å²) in [6, 6.07) is 10.0. The third-order valence-corrected chi connectivity index (χ3v) is 4.16. The van der Waals surface area contributed by atoms with Crippen molar-refractivity contribution in [2.45, 2.75) is 20.0 Å². The van der Waals surface area contributed by atoms with E-state index in [0.717, 1.165) is 12.0 Å². The minimum atomic E-state index is -0.271. The monoisotopic (exact) mass is 363 g/mol. The van der Waals surface area contributed by atoms with E-state index in [2.05, 4.69) is 10.2 Å². The Morgan fingerprint density at radius 1 is 1.12 bits per heavy atom. The molecule has 7 heteroatoms. The van der Waals surface area contributed by atoms with Crippen LogP contribution in [0.2, 0.25) is 0 Å². The molecule has 1 heterocycles. The molecule has 1 N–H and O–H groups in total. The summed E-state index contributed by atoms with van der Waals surface area (Å²) in [7, 11) is 0. The van der Waals surface area contributed by atoms with Crippen LogP contribution in [0.15, 0.2) is 30.3 Å². The highest BCUT2D eigenvalue weighted by molar-refractivity contribution is 5.78. The first-order valence-corrected chi connectivity index (χ1v) is 9.21. The van der Waals surface area contributed by atoms with Crippen LogP contribution in [0.1, 0.15) is 18.9 Å². The van der Waals surface area contributed by atoms with Crippen molar-refractivity contribution in [1.29, 1.82) is 0 Å². The van der Waals surface area contributed by atoms with Gasteiger partial charge in [-0.1, -0.05) is 30.3 Å². The number of nitrogens with zero attached hydrogens (tertiary/aromatic N) is 2. The van der Waals surface area contributed by atoms with Crippen LogP contribution in [0.5, 0.6) is 0 Å². The third-order valence-electron chi connectivity index (χ3n) is 4.16. The smallest absolute Gasteiger partial charge is 0.409 e. The lowest BCUT2D eigenvalue weighted by atomic mass is 10.2. The van der Waals surface area contributed by atoms with Crippen LogP contribution in [0, 0.1) is 0 Å². The molecule has 1 aliphatic heterocycles. The minimum Gasteiger partial charge on any atom is -0.450 e. The van der Waals surface area contributed by atoms with Gasteiger partial charge in [0.05, 0.1) is 19.8 Å². The van der Waals surface area contributed by atoms with E-state index in [1.165, 1.54) is 0 Å². The Bertz CT molecular complexity index is 545. The highest BCUT2D eigenvalue weighted by Crippen LogP contribution is 2.03. The zero-order valence-corrected chi connectivity index (χ0v) is 15.5. The summed E-state index contributed by atoms with van der Waals surface area (Å²) in [4.78, 5) is 27.4. The van der Waals surface area contributed by atoms with Gasteiger partial charge in [0.25, 0.3) is 0 Å². The van der Waals surface area contributed by atoms with Crippen molar-refractivity contribution in [3.8, 4) is 0 Å². The molecular weight excluding hydrogens is 334 g/mol. The number of amides is 2. The summed E-state index contributed by atoms with van der Waals surface area (Å²) in [5.74, 6) is 0.0117. The third kappa shape index (κ3) is 7.41. The van der Waals surface area contributed by atoms with Crippen molar-refractivity contribution in [1.82, 2.24) is 15.1 Å². The van der Waals surface area contributed by atoms with Crippen molar-refractivity contribution in [3.63, 3.8) is 0 Å². The highest BCUT2D eigenvalue weighted by Gasteiger charge is 2.22. The Hall–Kier alpha value is -2.12. The van der Waals surface area contributed by atoms with E-state index in [4.69, 9.17) is 9.47 Å². The van der Waals surface area contributed by atoms with Crippen LogP contribution in [0.3, 0.4) is 0 Å². The fraction of sp³-hybridized carbons (Fsp3) is 0.579. The van der Waals surface area contributed by atoms with E-state index in [1.807, 2.05) is 30.3 Å². The zero-order valence-electron chi connectivity index (χ0n) is 15.5. The van der Waals surface area contributed by atoms with E-state index in [0.29, 0.717) is 59.1 Å². The number of rotatable bonds is 9. The molecule has 1 saturated heterocycles. The van der Waals surface area contributed by atoms with Gasteiger partial charge in [-0.05, 0) is 18.9 Å². The molecule has 1 fully saturated rings. The lowest BCUT2D eigenvalue weighted by molar-refractivity contribution is -0.122. The van der Waals surface area contributed by atoms with Crippen LogP contribution in [-0.2, 0) is 20.9 Å². The summed E-state index contributed by atoms with van der Waals surface area (Å²) in [6.45, 7) is 6.93. The van der Waals surface area contributed by atoms with Crippen LogP contribution >= 0.6 is 0 Å². The Labute approximate surface area is 155 Å². The summed E-state index contributed by atoms with van der Waals surface area (Å²) < 4.78 is 10.6. The van der Waals surface area contributed by atoms with E-state index in [-0.39, 0.29) is 12.0 Å². The average molecular weight is 363 g/mol. The van der Waals surface area contributed by atoms with Crippen LogP contribution in [-0.4, -0.2) is 74.3 Å². The molecule has 2 rings (SSSR count). The predicted octanol–water partition coefficient (Wildman–Crippen LogP) is 1.48. The van der Waals surface area contributed by atoms with Crippen LogP contribution in [0.4, 0.5) is 4.79 Å². The number of ether oxygens (including phenoxy) is 2. The topological polar surface area (TPSA) is 71.1 Å². The number of benzene rings is 1. The van der Waals surface area contributed by atoms with Gasteiger partial charge in [-0.15, -0.1) is 0 Å². The molecule has 0 unspecified atom stereocenters. The van der Waals surface area contributed by atoms with Crippen molar-refractivity contribution >= 4 is 12.0 Å². The van der Waals surface area contributed by atoms with Gasteiger partial charge in [0, 0.05) is 39.3 Å². The Kier molecular flexibility index (Phi) is 8.92. The van der Waals surface area contributed by atoms with Gasteiger partial charge < -0.3 is 19.7 Å². The largest absolute Gasteiger partial charge is 0.450 e. The van der Waals surface area contributed by atoms with E-state index < -0.39 is 0 Å². The second kappa shape index (κ2) is 11.5. The quantitative estimate of drug-likeness (QED) is 0.673. The van der Waals surface area contributed by atoms with Crippen molar-refractivity contribution in [2.24, 2.45) is 0 Å². The number of piperazine rings is 1. The molecular formula is C19H29N3O4. The lowest BCUT2D eigenvalue weighted by Crippen LogP contribution is -2.51. The molecule has 144 valence electrons. The fourth-order valence-corrected chi connectivity index (χ4v) is 2.73. The summed E-state index contributed by atoms with van der Waals surface area (Å²) in [5.41, 5.74) is 1.15. The first kappa shape index (κ1) is 20.2. The second-order valence-corrected chi connectivity index (χ2v) is 6.20. The number of hydrogen-bond donors (Lipinski definition) is 1. The molecule has 1 aliphatic rings. The standard InChI is InChI=1S/C19H29N3O4/c1-2-26-19(24)22-12-10-21(11-13-22)15-18(23)20-9-6-14-25-16-17-7-4-3-5-8-17/h3-5,7-8H,2,6,9-16H2,1H3,(H,20,23). The number of nitrogens with one attached hydrogen (secondary N) is 1. The molecule has 2 amide bonds. The van der Waals surface area contributed by atoms with Gasteiger partial charge in [-0.3, -0.25) is 9.69 Å². The average Bonchev–Trinajstić information content (AvgIpc) is 2.66. The SMILES string of the molecule is CCOC(=O)N1CCN(CC(=O)NCCCOCc2ccccc2)CC1. The van der Waals surface area contributed by atoms with Gasteiger partial charge in [-0.25, -0.2) is 4.79 Å². The molecule has 26 heavy (non-hydrogen) atoms. The van der Waals surface area contributed by atoms with Gasteiger partial charge in [0.1, 0.15) is 0 Å². The molecule has 0 atom stereocenters. The van der Waals surface area contributed by atoms with Gasteiger partial charge >= 0.3 is 6.09 Å². The second-order valence-electron chi connectivity index (χ2n) is 6.20. The van der Waals surface area contributed by atoms with Gasteiger partial charge in [0.2, 0.25) is 5.91 Å². The summed E-state index contributed by atoms with van der Waals surface area (Å²) >= 11 is 0. The zero-order chi connectivity index (χ0) is 18.6. The number of carbonyl (C=O) groups excluding carboxylic acids is 2. The first-order chi connectivity index (χ1) is 12.7. The molecule has 0 aliphatic carbocycles. The fourth-order valence-electron chi connectivity index (χ4n) is 2.73. The van der Waals surface area contributed by atoms with Crippen molar-refractivity contribution < 1.29 is 19.1 Å². The molecule has 7 nitrogen and oxygen atoms in total. The maximum atomic E-state index is 12.0. The number of carbonyl (C=O) groups is 2. The van der Waals surface area contributed by atoms with Gasteiger partial charge in [0.15, 0.2) is 0 Å².